The van der Waals surface area contributed by atoms with Gasteiger partial charge in [-0.15, -0.1) is 0 Å². The first-order valence-electron chi connectivity index (χ1n) is 9.19. The smallest absolute Gasteiger partial charge is 0.199 e. The maximum Gasteiger partial charge on any atom is 0.199 e. The molecule has 0 fully saturated rings. The van der Waals surface area contributed by atoms with Crippen LogP contribution in [0, 0.1) is 15.3 Å². The highest BCUT2D eigenvalue weighted by atomic mass is 35.5. The van der Waals surface area contributed by atoms with Crippen molar-refractivity contribution >= 4 is 28.6 Å². The SMILES string of the molecule is CN(C)c1ccc(C(=C2C=CC(=[N+](C)C)C=C2)c2ccccc2Cl)cc1.O=[N+]([O-])[O-]. The molecule has 1 aliphatic carbocycles. The third-order valence-corrected chi connectivity index (χ3v) is 4.82. The summed E-state index contributed by atoms with van der Waals surface area (Å²) < 4.78 is 2.10. The lowest BCUT2D eigenvalue weighted by molar-refractivity contribution is -0.462. The van der Waals surface area contributed by atoms with E-state index in [9.17, 15) is 0 Å². The third-order valence-electron chi connectivity index (χ3n) is 4.49. The van der Waals surface area contributed by atoms with Crippen LogP contribution in [0.2, 0.25) is 5.02 Å². The summed E-state index contributed by atoms with van der Waals surface area (Å²) in [7, 11) is 8.20. The zero-order valence-corrected chi connectivity index (χ0v) is 18.1. The predicted octanol–water partition coefficient (Wildman–Crippen LogP) is 4.81. The fraction of sp³-hybridized carbons (Fsp3) is 0.174. The molecule has 0 N–H and O–H groups in total. The van der Waals surface area contributed by atoms with Gasteiger partial charge in [-0.3, -0.25) is 0 Å². The zero-order chi connectivity index (χ0) is 22.3. The van der Waals surface area contributed by atoms with Gasteiger partial charge in [0.2, 0.25) is 0 Å². The Hall–Kier alpha value is -3.38. The summed E-state index contributed by atoms with van der Waals surface area (Å²) in [6.07, 6.45) is 8.60. The molecule has 0 heterocycles. The minimum Gasteiger partial charge on any atom is -0.378 e. The van der Waals surface area contributed by atoms with Crippen LogP contribution in [0.4, 0.5) is 5.69 Å². The van der Waals surface area contributed by atoms with Gasteiger partial charge in [-0.2, -0.15) is 0 Å². The van der Waals surface area contributed by atoms with Gasteiger partial charge in [0.05, 0.1) is 5.09 Å². The first-order valence-corrected chi connectivity index (χ1v) is 9.57. The van der Waals surface area contributed by atoms with Crippen molar-refractivity contribution in [2.45, 2.75) is 0 Å². The Labute approximate surface area is 181 Å². The molecule has 0 unspecified atom stereocenters. The molecule has 3 rings (SSSR count). The summed E-state index contributed by atoms with van der Waals surface area (Å²) in [5, 5.41) is 15.5. The van der Waals surface area contributed by atoms with Gasteiger partial charge in [0.25, 0.3) is 0 Å². The number of allylic oxidation sites excluding steroid dienone is 5. The van der Waals surface area contributed by atoms with E-state index in [1.54, 1.807) is 0 Å². The van der Waals surface area contributed by atoms with Crippen molar-refractivity contribution in [3.63, 3.8) is 0 Å². The van der Waals surface area contributed by atoms with Crippen LogP contribution >= 0.6 is 11.6 Å². The van der Waals surface area contributed by atoms with Gasteiger partial charge in [0.15, 0.2) is 5.71 Å². The number of benzene rings is 2. The second-order valence-electron chi connectivity index (χ2n) is 6.96. The van der Waals surface area contributed by atoms with Gasteiger partial charge >= 0.3 is 0 Å². The topological polar surface area (TPSA) is 72.5 Å². The van der Waals surface area contributed by atoms with Gasteiger partial charge in [0.1, 0.15) is 14.1 Å². The first kappa shape index (κ1) is 22.9. The molecule has 0 aliphatic heterocycles. The number of rotatable bonds is 3. The first-order chi connectivity index (χ1) is 14.2. The van der Waals surface area contributed by atoms with Crippen LogP contribution in [-0.2, 0) is 0 Å². The van der Waals surface area contributed by atoms with E-state index in [0.717, 1.165) is 27.3 Å². The molecule has 0 amide bonds. The van der Waals surface area contributed by atoms with Crippen molar-refractivity contribution < 1.29 is 9.66 Å². The minimum atomic E-state index is -1.75. The maximum atomic E-state index is 8.25. The Morgan fingerprint density at radius 1 is 0.900 bits per heavy atom. The summed E-state index contributed by atoms with van der Waals surface area (Å²) in [5.74, 6) is 0. The highest BCUT2D eigenvalue weighted by Gasteiger charge is 2.15. The molecular formula is C23H24ClN3O3. The molecule has 2 aromatic carbocycles. The lowest BCUT2D eigenvalue weighted by Gasteiger charge is -2.17. The largest absolute Gasteiger partial charge is 0.378 e. The van der Waals surface area contributed by atoms with Crippen LogP contribution in [-0.4, -0.2) is 43.6 Å². The average Bonchev–Trinajstić information content (AvgIpc) is 2.70. The van der Waals surface area contributed by atoms with Crippen molar-refractivity contribution in [2.75, 3.05) is 33.1 Å². The lowest BCUT2D eigenvalue weighted by atomic mass is 9.90. The quantitative estimate of drug-likeness (QED) is 0.402. The average molecular weight is 426 g/mol. The minimum absolute atomic E-state index is 0.760. The van der Waals surface area contributed by atoms with E-state index in [0.29, 0.717) is 0 Å². The fourth-order valence-electron chi connectivity index (χ4n) is 2.99. The summed E-state index contributed by atoms with van der Waals surface area (Å²) in [6, 6.07) is 16.6. The van der Waals surface area contributed by atoms with E-state index < -0.39 is 5.09 Å². The van der Waals surface area contributed by atoms with Crippen LogP contribution in [0.5, 0.6) is 0 Å². The normalized spacial score (nSPS) is 12.2. The third kappa shape index (κ3) is 6.06. The molecule has 1 aliphatic rings. The number of hydrogen-bond acceptors (Lipinski definition) is 4. The van der Waals surface area contributed by atoms with Crippen molar-refractivity contribution in [3.05, 3.63) is 110 Å². The number of halogens is 1. The molecule has 2 aromatic rings. The van der Waals surface area contributed by atoms with Gasteiger partial charge in [-0.05, 0) is 47.1 Å². The second-order valence-corrected chi connectivity index (χ2v) is 7.37. The van der Waals surface area contributed by atoms with E-state index in [1.807, 2.05) is 46.4 Å². The highest BCUT2D eigenvalue weighted by Crippen LogP contribution is 2.34. The van der Waals surface area contributed by atoms with Gasteiger partial charge in [-0.1, -0.05) is 41.9 Å². The Morgan fingerprint density at radius 3 is 1.90 bits per heavy atom. The van der Waals surface area contributed by atoms with Crippen molar-refractivity contribution in [1.82, 2.24) is 0 Å². The molecule has 0 radical (unpaired) electrons. The van der Waals surface area contributed by atoms with Crippen LogP contribution in [0.3, 0.4) is 0 Å². The van der Waals surface area contributed by atoms with Crippen LogP contribution in [0.25, 0.3) is 5.57 Å². The molecule has 0 saturated carbocycles. The summed E-state index contributed by atoms with van der Waals surface area (Å²) in [5.41, 5.74) is 6.85. The van der Waals surface area contributed by atoms with Crippen LogP contribution in [0.15, 0.2) is 78.4 Å². The zero-order valence-electron chi connectivity index (χ0n) is 17.4. The highest BCUT2D eigenvalue weighted by molar-refractivity contribution is 6.32. The monoisotopic (exact) mass is 425 g/mol. The summed E-state index contributed by atoms with van der Waals surface area (Å²) in [4.78, 5) is 10.4. The summed E-state index contributed by atoms with van der Waals surface area (Å²) >= 11 is 6.54. The van der Waals surface area contributed by atoms with Gasteiger partial charge in [-0.25, -0.2) is 4.58 Å². The molecule has 0 aromatic heterocycles. The Morgan fingerprint density at radius 2 is 1.43 bits per heavy atom. The van der Waals surface area contributed by atoms with E-state index in [1.165, 1.54) is 11.4 Å². The molecular weight excluding hydrogens is 402 g/mol. The van der Waals surface area contributed by atoms with E-state index in [4.69, 9.17) is 26.9 Å². The number of anilines is 1. The Balaban J connectivity index is 0.000000735. The van der Waals surface area contributed by atoms with E-state index in [-0.39, 0.29) is 0 Å². The molecule has 7 heteroatoms. The molecule has 156 valence electrons. The van der Waals surface area contributed by atoms with Crippen molar-refractivity contribution in [1.29, 1.82) is 0 Å². The standard InChI is InChI=1S/C23H24ClN2.NO3/c1-25(2)19-13-9-17(10-14-19)23(21-7-5-6-8-22(21)24)18-11-15-20(16-12-18)26(3)4;2-1(3)4/h5-16H,1-4H3;/q+1;-1. The van der Waals surface area contributed by atoms with Crippen LogP contribution in [0.1, 0.15) is 11.1 Å². The second kappa shape index (κ2) is 10.4. The molecule has 0 bridgehead atoms. The van der Waals surface area contributed by atoms with E-state index in [2.05, 4.69) is 64.1 Å². The summed E-state index contributed by atoms with van der Waals surface area (Å²) in [6.45, 7) is 0. The molecule has 0 saturated heterocycles. The van der Waals surface area contributed by atoms with E-state index >= 15 is 0 Å². The maximum absolute atomic E-state index is 8.25. The lowest BCUT2D eigenvalue weighted by Crippen LogP contribution is -2.10. The molecule has 30 heavy (non-hydrogen) atoms. The number of nitrogens with zero attached hydrogens (tertiary/aromatic N) is 3. The van der Waals surface area contributed by atoms with Crippen molar-refractivity contribution in [2.24, 2.45) is 0 Å². The van der Waals surface area contributed by atoms with Gasteiger partial charge in [0, 0.05) is 42.5 Å². The predicted molar refractivity (Wildman–Crippen MR) is 124 cm³/mol. The Bertz CT molecular complexity index is 1010. The van der Waals surface area contributed by atoms with Crippen LogP contribution < -0.4 is 4.90 Å². The molecule has 0 atom stereocenters. The molecule has 6 nitrogen and oxygen atoms in total. The fourth-order valence-corrected chi connectivity index (χ4v) is 3.22. The van der Waals surface area contributed by atoms with Crippen molar-refractivity contribution in [3.8, 4) is 0 Å². The van der Waals surface area contributed by atoms with Gasteiger partial charge < -0.3 is 20.2 Å². The Kier molecular flexibility index (Phi) is 7.95. The number of hydrogen-bond donors (Lipinski definition) is 0. The molecule has 0 spiro atoms.